The van der Waals surface area contributed by atoms with Crippen molar-refractivity contribution in [2.45, 2.75) is 13.5 Å². The molecule has 0 bridgehead atoms. The van der Waals surface area contributed by atoms with Gasteiger partial charge in [0.25, 0.3) is 0 Å². The van der Waals surface area contributed by atoms with Gasteiger partial charge in [-0.05, 0) is 34.9 Å². The van der Waals surface area contributed by atoms with Crippen LogP contribution in [0.4, 0.5) is 10.2 Å². The lowest BCUT2D eigenvalue weighted by molar-refractivity contribution is 0.112. The molecule has 138 valence electrons. The minimum absolute atomic E-state index is 0. The first-order valence-corrected chi connectivity index (χ1v) is 7.81. The van der Waals surface area contributed by atoms with Gasteiger partial charge in [-0.15, -0.1) is 12.4 Å². The van der Waals surface area contributed by atoms with Crippen molar-refractivity contribution in [1.29, 1.82) is 0 Å². The Morgan fingerprint density at radius 3 is 2.78 bits per heavy atom. The summed E-state index contributed by atoms with van der Waals surface area (Å²) >= 11 is 0. The summed E-state index contributed by atoms with van der Waals surface area (Å²) in [6.45, 7) is 2.51. The summed E-state index contributed by atoms with van der Waals surface area (Å²) in [6.07, 6.45) is 3.74. The van der Waals surface area contributed by atoms with Crippen LogP contribution < -0.4 is 5.73 Å². The van der Waals surface area contributed by atoms with Crippen LogP contribution in [0, 0.1) is 5.82 Å². The number of nitrogens with two attached hydrogens (primary N) is 1. The largest absolute Gasteiger partial charge is 0.379 e. The highest BCUT2D eigenvalue weighted by molar-refractivity contribution is 5.94. The standard InChI is InChI=1S/C17H13FN6O2.ClH/c1-2-24-15-11(9-3-4-12(18)10(5-9)8-25)6-20-7-13(15)21-17(24)14-16(19)23-26-22-14;/h3-8H,2H2,1H3,(H2,19,23);1H. The van der Waals surface area contributed by atoms with E-state index in [9.17, 15) is 9.18 Å². The molecule has 0 fully saturated rings. The number of imidazole rings is 1. The Morgan fingerprint density at radius 1 is 1.30 bits per heavy atom. The van der Waals surface area contributed by atoms with Gasteiger partial charge in [-0.25, -0.2) is 14.0 Å². The first-order chi connectivity index (χ1) is 12.6. The monoisotopic (exact) mass is 388 g/mol. The summed E-state index contributed by atoms with van der Waals surface area (Å²) in [5, 5.41) is 7.41. The van der Waals surface area contributed by atoms with Gasteiger partial charge in [0.05, 0.1) is 17.3 Å². The van der Waals surface area contributed by atoms with Gasteiger partial charge < -0.3 is 10.3 Å². The number of aryl methyl sites for hydroxylation is 1. The number of rotatable bonds is 4. The SMILES string of the molecule is CCn1c(-c2nonc2N)nc2cncc(-c3ccc(F)c(C=O)c3)c21.Cl. The quantitative estimate of drug-likeness (QED) is 0.534. The van der Waals surface area contributed by atoms with E-state index >= 15 is 0 Å². The second kappa shape index (κ2) is 7.12. The lowest BCUT2D eigenvalue weighted by Gasteiger charge is -2.09. The molecule has 0 aliphatic heterocycles. The minimum Gasteiger partial charge on any atom is -0.379 e. The van der Waals surface area contributed by atoms with Crippen molar-refractivity contribution in [1.82, 2.24) is 24.8 Å². The lowest BCUT2D eigenvalue weighted by Crippen LogP contribution is -2.01. The topological polar surface area (TPSA) is 113 Å². The lowest BCUT2D eigenvalue weighted by atomic mass is 10.0. The maximum atomic E-state index is 13.7. The van der Waals surface area contributed by atoms with Crippen LogP contribution in [0.15, 0.2) is 35.2 Å². The molecule has 0 saturated heterocycles. The summed E-state index contributed by atoms with van der Waals surface area (Å²) in [7, 11) is 0. The number of hydrogen-bond acceptors (Lipinski definition) is 7. The van der Waals surface area contributed by atoms with E-state index < -0.39 is 5.82 Å². The van der Waals surface area contributed by atoms with E-state index in [0.29, 0.717) is 41.0 Å². The van der Waals surface area contributed by atoms with Crippen LogP contribution in [0.2, 0.25) is 0 Å². The summed E-state index contributed by atoms with van der Waals surface area (Å²) in [4.78, 5) is 19.8. The Hall–Kier alpha value is -3.33. The third-order valence-electron chi connectivity index (χ3n) is 4.13. The highest BCUT2D eigenvalue weighted by atomic mass is 35.5. The van der Waals surface area contributed by atoms with Crippen molar-refractivity contribution in [3.05, 3.63) is 42.0 Å². The Labute approximate surface area is 158 Å². The molecule has 2 N–H and O–H groups in total. The van der Waals surface area contributed by atoms with Gasteiger partial charge >= 0.3 is 0 Å². The van der Waals surface area contributed by atoms with Crippen LogP contribution in [0.5, 0.6) is 0 Å². The zero-order valence-electron chi connectivity index (χ0n) is 14.1. The zero-order valence-corrected chi connectivity index (χ0v) is 14.9. The van der Waals surface area contributed by atoms with Crippen LogP contribution in [-0.4, -0.2) is 31.1 Å². The second-order valence-corrected chi connectivity index (χ2v) is 5.59. The molecule has 4 aromatic rings. The average Bonchev–Trinajstić information content (AvgIpc) is 3.24. The van der Waals surface area contributed by atoms with E-state index in [-0.39, 0.29) is 23.8 Å². The van der Waals surface area contributed by atoms with Crippen molar-refractivity contribution in [2.24, 2.45) is 0 Å². The van der Waals surface area contributed by atoms with E-state index in [0.717, 1.165) is 5.52 Å². The number of pyridine rings is 1. The molecular formula is C17H14ClFN6O2. The van der Waals surface area contributed by atoms with Crippen LogP contribution in [0.25, 0.3) is 33.7 Å². The molecule has 0 amide bonds. The fraction of sp³-hybridized carbons (Fsp3) is 0.118. The fourth-order valence-electron chi connectivity index (χ4n) is 2.94. The average molecular weight is 389 g/mol. The Balaban J connectivity index is 0.00000210. The number of nitrogens with zero attached hydrogens (tertiary/aromatic N) is 5. The molecule has 1 aromatic carbocycles. The van der Waals surface area contributed by atoms with Gasteiger partial charge in [-0.3, -0.25) is 9.78 Å². The third kappa shape index (κ3) is 2.91. The van der Waals surface area contributed by atoms with Gasteiger partial charge in [-0.1, -0.05) is 6.07 Å². The van der Waals surface area contributed by atoms with Crippen molar-refractivity contribution in [2.75, 3.05) is 5.73 Å². The number of carbonyl (C=O) groups is 1. The highest BCUT2D eigenvalue weighted by Crippen LogP contribution is 2.33. The van der Waals surface area contributed by atoms with E-state index in [1.165, 1.54) is 12.1 Å². The van der Waals surface area contributed by atoms with E-state index in [4.69, 9.17) is 5.73 Å². The number of benzene rings is 1. The molecule has 10 heteroatoms. The van der Waals surface area contributed by atoms with Crippen molar-refractivity contribution >= 4 is 35.5 Å². The molecule has 27 heavy (non-hydrogen) atoms. The van der Waals surface area contributed by atoms with E-state index in [1.807, 2.05) is 11.5 Å². The fourth-order valence-corrected chi connectivity index (χ4v) is 2.94. The maximum absolute atomic E-state index is 13.7. The Morgan fingerprint density at radius 2 is 2.11 bits per heavy atom. The Bertz CT molecular complexity index is 1140. The minimum atomic E-state index is -0.574. The van der Waals surface area contributed by atoms with Crippen LogP contribution >= 0.6 is 12.4 Å². The molecule has 8 nitrogen and oxygen atoms in total. The second-order valence-electron chi connectivity index (χ2n) is 5.59. The third-order valence-corrected chi connectivity index (χ3v) is 4.13. The van der Waals surface area contributed by atoms with Crippen molar-refractivity contribution in [3.8, 4) is 22.6 Å². The molecular weight excluding hydrogens is 375 g/mol. The first-order valence-electron chi connectivity index (χ1n) is 7.81. The molecule has 0 aliphatic carbocycles. The molecule has 0 aliphatic rings. The predicted octanol–water partition coefficient (Wildman–Crippen LogP) is 3.12. The van der Waals surface area contributed by atoms with Gasteiger partial charge in [-0.2, -0.15) is 0 Å². The smallest absolute Gasteiger partial charge is 0.199 e. The number of carbonyl (C=O) groups excluding carboxylic acids is 1. The molecule has 4 rings (SSSR count). The number of aldehydes is 1. The number of nitrogen functional groups attached to an aromatic ring is 1. The number of halogens is 2. The molecule has 0 spiro atoms. The summed E-state index contributed by atoms with van der Waals surface area (Å²) in [5.74, 6) is 0.0535. The molecule has 3 heterocycles. The van der Waals surface area contributed by atoms with Crippen molar-refractivity contribution in [3.63, 3.8) is 0 Å². The van der Waals surface area contributed by atoms with E-state index in [2.05, 4.69) is 24.9 Å². The predicted molar refractivity (Wildman–Crippen MR) is 98.9 cm³/mol. The maximum Gasteiger partial charge on any atom is 0.199 e. The van der Waals surface area contributed by atoms with Gasteiger partial charge in [0, 0.05) is 18.3 Å². The van der Waals surface area contributed by atoms with Crippen LogP contribution in [0.1, 0.15) is 17.3 Å². The van der Waals surface area contributed by atoms with Crippen LogP contribution in [0.3, 0.4) is 0 Å². The van der Waals surface area contributed by atoms with Gasteiger partial charge in [0.1, 0.15) is 11.3 Å². The zero-order chi connectivity index (χ0) is 18.3. The van der Waals surface area contributed by atoms with Crippen molar-refractivity contribution < 1.29 is 13.8 Å². The van der Waals surface area contributed by atoms with Crippen LogP contribution in [-0.2, 0) is 6.54 Å². The first kappa shape index (κ1) is 18.5. The molecule has 0 unspecified atom stereocenters. The Kier molecular flexibility index (Phi) is 4.87. The normalized spacial score (nSPS) is 10.7. The van der Waals surface area contributed by atoms with Gasteiger partial charge in [0.15, 0.2) is 23.6 Å². The summed E-state index contributed by atoms with van der Waals surface area (Å²) < 4.78 is 20.2. The number of aromatic nitrogens is 5. The molecule has 3 aromatic heterocycles. The highest BCUT2D eigenvalue weighted by Gasteiger charge is 2.21. The molecule has 0 atom stereocenters. The molecule has 0 saturated carbocycles. The summed E-state index contributed by atoms with van der Waals surface area (Å²) in [5.41, 5.74) is 8.86. The number of anilines is 1. The van der Waals surface area contributed by atoms with E-state index in [1.54, 1.807) is 18.5 Å². The molecule has 0 radical (unpaired) electrons. The number of hydrogen-bond donors (Lipinski definition) is 1. The number of fused-ring (bicyclic) bond motifs is 1. The van der Waals surface area contributed by atoms with Gasteiger partial charge in [0.2, 0.25) is 0 Å². The summed E-state index contributed by atoms with van der Waals surface area (Å²) in [6, 6.07) is 4.33.